The largest absolute Gasteiger partial charge is 0.493 e. The molecule has 2 N–H and O–H groups in total. The second kappa shape index (κ2) is 14.9. The van der Waals surface area contributed by atoms with E-state index in [1.807, 2.05) is 18.2 Å². The number of benzene rings is 3. The second-order valence-electron chi connectivity index (χ2n) is 10.9. The van der Waals surface area contributed by atoms with E-state index >= 15 is 0 Å². The zero-order valence-corrected chi connectivity index (χ0v) is 25.3. The van der Waals surface area contributed by atoms with Crippen LogP contribution in [0.1, 0.15) is 24.8 Å². The molecule has 0 saturated carbocycles. The number of piperazine rings is 1. The van der Waals surface area contributed by atoms with Crippen molar-refractivity contribution in [1.82, 2.24) is 20.2 Å². The van der Waals surface area contributed by atoms with Crippen molar-refractivity contribution in [3.8, 4) is 17.2 Å². The van der Waals surface area contributed by atoms with Gasteiger partial charge >= 0.3 is 0 Å². The Hall–Kier alpha value is -3.70. The molecule has 6 rings (SSSR count). The summed E-state index contributed by atoms with van der Waals surface area (Å²) in [6, 6.07) is 15.6. The summed E-state index contributed by atoms with van der Waals surface area (Å²) in [5.74, 6) is 2.16. The third kappa shape index (κ3) is 8.06. The number of hydrogen-bond acceptors (Lipinski definition) is 9. The first-order chi connectivity index (χ1) is 21.6. The summed E-state index contributed by atoms with van der Waals surface area (Å²) in [6.07, 6.45) is 4.09. The van der Waals surface area contributed by atoms with Crippen LogP contribution in [0.2, 0.25) is 5.02 Å². The van der Waals surface area contributed by atoms with E-state index in [0.29, 0.717) is 53.4 Å². The van der Waals surface area contributed by atoms with Crippen molar-refractivity contribution in [1.29, 1.82) is 0 Å². The molecule has 3 heterocycles. The topological polar surface area (TPSA) is 90.0 Å². The maximum absolute atomic E-state index is 13.5. The van der Waals surface area contributed by atoms with Gasteiger partial charge in [0, 0.05) is 63.4 Å². The van der Waals surface area contributed by atoms with Gasteiger partial charge in [-0.05, 0) is 42.3 Å². The first-order valence-electron chi connectivity index (χ1n) is 15.1. The molecule has 11 heteroatoms. The molecule has 2 aliphatic heterocycles. The summed E-state index contributed by atoms with van der Waals surface area (Å²) < 4.78 is 37.7. The van der Waals surface area contributed by atoms with Gasteiger partial charge in [-0.3, -0.25) is 0 Å². The number of nitrogens with one attached hydrogen (secondary N) is 2. The highest BCUT2D eigenvalue weighted by Crippen LogP contribution is 2.38. The Balaban J connectivity index is 1.19. The minimum Gasteiger partial charge on any atom is -0.493 e. The van der Waals surface area contributed by atoms with Crippen LogP contribution in [0.5, 0.6) is 17.2 Å². The Bertz CT molecular complexity index is 1550. The molecule has 9 nitrogen and oxygen atoms in total. The normalized spacial score (nSPS) is 16.1. The molecule has 3 aromatic carbocycles. The van der Waals surface area contributed by atoms with Gasteiger partial charge in [0.15, 0.2) is 0 Å². The van der Waals surface area contributed by atoms with E-state index in [4.69, 9.17) is 30.5 Å². The number of rotatable bonds is 12. The minimum absolute atomic E-state index is 0.0203. The molecular weight excluding hydrogens is 585 g/mol. The van der Waals surface area contributed by atoms with Crippen molar-refractivity contribution in [2.75, 3.05) is 57.9 Å². The molecule has 0 unspecified atom stereocenters. The summed E-state index contributed by atoms with van der Waals surface area (Å²) in [4.78, 5) is 11.6. The van der Waals surface area contributed by atoms with Crippen molar-refractivity contribution >= 4 is 34.0 Å². The fraction of sp³-hybridized carbons (Fsp3) is 0.394. The summed E-state index contributed by atoms with van der Waals surface area (Å²) in [5.41, 5.74) is 2.15. The fourth-order valence-corrected chi connectivity index (χ4v) is 5.64. The van der Waals surface area contributed by atoms with Crippen LogP contribution >= 0.6 is 11.6 Å². The smallest absolute Gasteiger partial charge is 0.145 e. The van der Waals surface area contributed by atoms with Crippen LogP contribution in [0.15, 0.2) is 60.9 Å². The number of hydrogen-bond donors (Lipinski definition) is 2. The number of fused-ring (bicyclic) bond motifs is 1. The standard InChI is InChI=1S/C33H37ClFN5O4/c34-28-18-25(5-6-30(28)43-21-23-3-1-4-24(35)17-23)39-33-32-29(37-22-38-33)19-27(20-31(32)44-26-7-15-41-16-8-26)42-14-2-11-40-12-9-36-10-13-40/h1,3-6,17-20,22,26,36H,2,7-16,21H2,(H,37,38,39). The monoisotopic (exact) mass is 621 g/mol. The summed E-state index contributed by atoms with van der Waals surface area (Å²) in [5, 5.41) is 7.95. The molecule has 0 spiro atoms. The average molecular weight is 622 g/mol. The molecule has 44 heavy (non-hydrogen) atoms. The highest BCUT2D eigenvalue weighted by Gasteiger charge is 2.20. The van der Waals surface area contributed by atoms with Crippen molar-refractivity contribution in [3.63, 3.8) is 0 Å². The molecule has 0 amide bonds. The highest BCUT2D eigenvalue weighted by atomic mass is 35.5. The zero-order chi connectivity index (χ0) is 30.1. The molecule has 0 aliphatic carbocycles. The Labute approximate surface area is 261 Å². The van der Waals surface area contributed by atoms with Crippen molar-refractivity contribution in [2.24, 2.45) is 0 Å². The Morgan fingerprint density at radius 1 is 1.00 bits per heavy atom. The third-order valence-electron chi connectivity index (χ3n) is 7.71. The summed E-state index contributed by atoms with van der Waals surface area (Å²) in [6.45, 7) is 7.36. The molecular formula is C33H37ClFN5O4. The molecule has 0 bridgehead atoms. The molecule has 232 valence electrons. The predicted molar refractivity (Wildman–Crippen MR) is 169 cm³/mol. The molecule has 4 aromatic rings. The second-order valence-corrected chi connectivity index (χ2v) is 11.4. The van der Waals surface area contributed by atoms with E-state index in [9.17, 15) is 4.39 Å². The van der Waals surface area contributed by atoms with Crippen molar-refractivity contribution < 1.29 is 23.3 Å². The quantitative estimate of drug-likeness (QED) is 0.186. The van der Waals surface area contributed by atoms with Gasteiger partial charge < -0.3 is 34.5 Å². The van der Waals surface area contributed by atoms with Gasteiger partial charge in [-0.1, -0.05) is 23.7 Å². The number of halogens is 2. The van der Waals surface area contributed by atoms with Gasteiger partial charge in [0.05, 0.1) is 35.7 Å². The Morgan fingerprint density at radius 3 is 2.68 bits per heavy atom. The van der Waals surface area contributed by atoms with E-state index in [2.05, 4.69) is 25.5 Å². The van der Waals surface area contributed by atoms with E-state index < -0.39 is 0 Å². The lowest BCUT2D eigenvalue weighted by Gasteiger charge is -2.27. The Kier molecular flexibility index (Phi) is 10.2. The molecule has 0 radical (unpaired) electrons. The molecule has 2 fully saturated rings. The van der Waals surface area contributed by atoms with E-state index in [0.717, 1.165) is 68.6 Å². The average Bonchev–Trinajstić information content (AvgIpc) is 3.04. The van der Waals surface area contributed by atoms with Crippen LogP contribution in [-0.2, 0) is 11.3 Å². The van der Waals surface area contributed by atoms with Crippen molar-refractivity contribution in [2.45, 2.75) is 32.0 Å². The molecule has 0 atom stereocenters. The number of ether oxygens (including phenoxy) is 4. The zero-order valence-electron chi connectivity index (χ0n) is 24.6. The predicted octanol–water partition coefficient (Wildman–Crippen LogP) is 5.98. The fourth-order valence-electron chi connectivity index (χ4n) is 5.41. The highest BCUT2D eigenvalue weighted by molar-refractivity contribution is 6.32. The van der Waals surface area contributed by atoms with E-state index in [-0.39, 0.29) is 18.5 Å². The minimum atomic E-state index is -0.307. The van der Waals surface area contributed by atoms with Gasteiger partial charge in [0.25, 0.3) is 0 Å². The Morgan fingerprint density at radius 2 is 1.86 bits per heavy atom. The van der Waals surface area contributed by atoms with Crippen LogP contribution < -0.4 is 24.8 Å². The number of anilines is 2. The van der Waals surface area contributed by atoms with Gasteiger partial charge in [0.1, 0.15) is 47.9 Å². The van der Waals surface area contributed by atoms with Crippen LogP contribution in [0, 0.1) is 5.82 Å². The lowest BCUT2D eigenvalue weighted by Crippen LogP contribution is -2.43. The summed E-state index contributed by atoms with van der Waals surface area (Å²) in [7, 11) is 0. The van der Waals surface area contributed by atoms with Gasteiger partial charge in [0.2, 0.25) is 0 Å². The summed E-state index contributed by atoms with van der Waals surface area (Å²) >= 11 is 6.57. The van der Waals surface area contributed by atoms with Crippen molar-refractivity contribution in [3.05, 3.63) is 77.3 Å². The van der Waals surface area contributed by atoms with Crippen LogP contribution in [0.4, 0.5) is 15.9 Å². The maximum Gasteiger partial charge on any atom is 0.145 e. The van der Waals surface area contributed by atoms with Crippen LogP contribution in [0.3, 0.4) is 0 Å². The first kappa shape index (κ1) is 30.3. The molecule has 2 saturated heterocycles. The number of nitrogens with zero attached hydrogens (tertiary/aromatic N) is 3. The molecule has 2 aliphatic rings. The lowest BCUT2D eigenvalue weighted by atomic mass is 10.1. The van der Waals surface area contributed by atoms with Crippen LogP contribution in [0.25, 0.3) is 10.9 Å². The SMILES string of the molecule is Fc1cccc(COc2ccc(Nc3ncnc4cc(OCCCN5CCNCC5)cc(OC5CCOCC5)c34)cc2Cl)c1. The van der Waals surface area contributed by atoms with Gasteiger partial charge in [-0.2, -0.15) is 0 Å². The first-order valence-corrected chi connectivity index (χ1v) is 15.5. The van der Waals surface area contributed by atoms with E-state index in [1.54, 1.807) is 24.3 Å². The van der Waals surface area contributed by atoms with Gasteiger partial charge in [-0.25, -0.2) is 14.4 Å². The van der Waals surface area contributed by atoms with E-state index in [1.165, 1.54) is 18.5 Å². The maximum atomic E-state index is 13.5. The number of aromatic nitrogens is 2. The lowest BCUT2D eigenvalue weighted by molar-refractivity contribution is 0.0261. The molecule has 1 aromatic heterocycles. The van der Waals surface area contributed by atoms with Gasteiger partial charge in [-0.15, -0.1) is 0 Å². The third-order valence-corrected chi connectivity index (χ3v) is 8.01. The van der Waals surface area contributed by atoms with Crippen LogP contribution in [-0.4, -0.2) is 73.5 Å².